The molecule has 35 atom stereocenters. The van der Waals surface area contributed by atoms with Crippen LogP contribution in [0.15, 0.2) is 11.6 Å². The highest BCUT2D eigenvalue weighted by atomic mass is 16.8. The number of hydrogen-bond donors (Lipinski definition) is 19. The van der Waals surface area contributed by atoms with Gasteiger partial charge in [-0.1, -0.05) is 53.2 Å². The van der Waals surface area contributed by atoms with Crippen molar-refractivity contribution in [3.63, 3.8) is 0 Å². The molecule has 0 radical (unpaired) electrons. The minimum atomic E-state index is -1.96. The summed E-state index contributed by atoms with van der Waals surface area (Å²) in [5.74, 6) is -0.0172. The summed E-state index contributed by atoms with van der Waals surface area (Å²) in [6.45, 7) is 12.6. The van der Waals surface area contributed by atoms with Crippen LogP contribution in [-0.2, 0) is 47.4 Å². The van der Waals surface area contributed by atoms with Gasteiger partial charge >= 0.3 is 0 Å². The Morgan fingerprint density at radius 1 is 0.517 bits per heavy atom. The van der Waals surface area contributed by atoms with E-state index in [1.165, 1.54) is 13.8 Å². The molecular formula is C60H102O29. The van der Waals surface area contributed by atoms with Gasteiger partial charge in [0.2, 0.25) is 0 Å². The van der Waals surface area contributed by atoms with Crippen molar-refractivity contribution in [3.05, 3.63) is 11.6 Å². The minimum absolute atomic E-state index is 0.0310. The lowest BCUT2D eigenvalue weighted by atomic mass is 9.38. The van der Waals surface area contributed by atoms with Crippen LogP contribution in [0.3, 0.4) is 0 Å². The molecule has 3 saturated carbocycles. The van der Waals surface area contributed by atoms with Crippen LogP contribution in [0.25, 0.3) is 0 Å². The summed E-state index contributed by atoms with van der Waals surface area (Å²) in [4.78, 5) is 0. The molecule has 89 heavy (non-hydrogen) atoms. The summed E-state index contributed by atoms with van der Waals surface area (Å²) in [6, 6.07) is 0. The monoisotopic (exact) mass is 1290 g/mol. The van der Waals surface area contributed by atoms with Gasteiger partial charge in [0.05, 0.1) is 56.9 Å². The number of ether oxygens (including phenoxy) is 10. The van der Waals surface area contributed by atoms with Gasteiger partial charge in [-0.25, -0.2) is 0 Å². The van der Waals surface area contributed by atoms with E-state index in [4.69, 9.17) is 47.4 Å². The molecule has 5 aliphatic heterocycles. The second-order valence-electron chi connectivity index (χ2n) is 28.7. The number of allylic oxidation sites excluding steroid dienone is 1. The highest BCUT2D eigenvalue weighted by Gasteiger charge is 2.70. The molecule has 5 saturated heterocycles. The quantitative estimate of drug-likeness (QED) is 0.0506. The average Bonchev–Trinajstić information content (AvgIpc) is 1.66. The summed E-state index contributed by atoms with van der Waals surface area (Å²) in [5.41, 5.74) is -2.49. The lowest BCUT2D eigenvalue weighted by molar-refractivity contribution is -0.380. The van der Waals surface area contributed by atoms with Crippen LogP contribution in [0.2, 0.25) is 0 Å². The number of aliphatic hydroxyl groups is 19. The van der Waals surface area contributed by atoms with Gasteiger partial charge in [-0.3, -0.25) is 0 Å². The Morgan fingerprint density at radius 3 is 1.45 bits per heavy atom. The van der Waals surface area contributed by atoms with Gasteiger partial charge in [0.15, 0.2) is 31.5 Å². The molecule has 29 heteroatoms. The van der Waals surface area contributed by atoms with Crippen molar-refractivity contribution in [3.8, 4) is 0 Å². The first-order chi connectivity index (χ1) is 41.6. The first-order valence-corrected chi connectivity index (χ1v) is 31.6. The molecule has 27 unspecified atom stereocenters. The molecular weight excluding hydrogens is 1180 g/mol. The summed E-state index contributed by atoms with van der Waals surface area (Å²) < 4.78 is 59.3. The smallest absolute Gasteiger partial charge is 0.187 e. The van der Waals surface area contributed by atoms with Crippen LogP contribution < -0.4 is 0 Å². The van der Waals surface area contributed by atoms with Crippen LogP contribution in [0.5, 0.6) is 0 Å². The Balaban J connectivity index is 0.883. The molecule has 8 fully saturated rings. The zero-order valence-corrected chi connectivity index (χ0v) is 51.8. The van der Waals surface area contributed by atoms with E-state index in [1.54, 1.807) is 0 Å². The molecule has 9 aliphatic rings. The van der Waals surface area contributed by atoms with Gasteiger partial charge in [0, 0.05) is 10.8 Å². The molecule has 9 rings (SSSR count). The van der Waals surface area contributed by atoms with E-state index in [1.807, 2.05) is 13.8 Å². The summed E-state index contributed by atoms with van der Waals surface area (Å²) >= 11 is 0. The molecule has 0 aromatic carbocycles. The van der Waals surface area contributed by atoms with E-state index < -0.39 is 227 Å². The molecule has 0 spiro atoms. The first kappa shape index (κ1) is 71.9. The zero-order valence-electron chi connectivity index (χ0n) is 51.8. The molecule has 0 aromatic heterocycles. The maximum absolute atomic E-state index is 12.8. The highest BCUT2D eigenvalue weighted by molar-refractivity contribution is 5.32. The third-order valence-corrected chi connectivity index (χ3v) is 22.9. The van der Waals surface area contributed by atoms with E-state index in [9.17, 15) is 97.0 Å². The molecule has 29 nitrogen and oxygen atoms in total. The van der Waals surface area contributed by atoms with Crippen molar-refractivity contribution in [1.82, 2.24) is 0 Å². The number of aliphatic hydroxyl groups excluding tert-OH is 18. The van der Waals surface area contributed by atoms with Crippen LogP contribution in [0.4, 0.5) is 0 Å². The van der Waals surface area contributed by atoms with E-state index in [0.29, 0.717) is 32.1 Å². The van der Waals surface area contributed by atoms with Gasteiger partial charge in [-0.05, 0) is 99.7 Å². The normalized spacial score (nSPS) is 51.8. The van der Waals surface area contributed by atoms with Crippen molar-refractivity contribution in [2.45, 2.75) is 284 Å². The maximum Gasteiger partial charge on any atom is 0.187 e. The fourth-order valence-corrected chi connectivity index (χ4v) is 17.0. The molecule has 0 aromatic rings. The second kappa shape index (κ2) is 27.6. The van der Waals surface area contributed by atoms with Gasteiger partial charge in [0.25, 0.3) is 0 Å². The topological polar surface area (TPSA) is 477 Å². The predicted octanol–water partition coefficient (Wildman–Crippen LogP) is -5.41. The summed E-state index contributed by atoms with van der Waals surface area (Å²) in [7, 11) is 0. The fraction of sp³-hybridized carbons (Fsp3) is 0.967. The van der Waals surface area contributed by atoms with Crippen LogP contribution in [-0.4, -0.2) is 308 Å². The highest BCUT2D eigenvalue weighted by Crippen LogP contribution is 2.75. The van der Waals surface area contributed by atoms with Crippen LogP contribution >= 0.6 is 0 Å². The van der Waals surface area contributed by atoms with Crippen molar-refractivity contribution in [2.24, 2.45) is 45.3 Å². The largest absolute Gasteiger partial charge is 0.394 e. The number of rotatable bonds is 20. The fourth-order valence-electron chi connectivity index (χ4n) is 17.0. The van der Waals surface area contributed by atoms with E-state index in [2.05, 4.69) is 33.8 Å². The van der Waals surface area contributed by atoms with Crippen LogP contribution in [0.1, 0.15) is 107 Å². The first-order valence-electron chi connectivity index (χ1n) is 31.6. The lowest BCUT2D eigenvalue weighted by Crippen LogP contribution is -2.65. The maximum atomic E-state index is 12.8. The standard InChI is InChI=1S/C60H102O29/c1-23(9-13-35(57(4,5)79)88-55-50(89-54-49(78)43(72)38(67)29(20-63)84-54)45(74)40(69)31(86-55)22-81-52-47(76)42(71)37(66)28(19-62)83-52)24-15-16-58(6)32-12-10-25-26(60(32,8)33(64)17-59(24,58)7)11-14-34(56(25,2)3)87-53-48(77)44(73)39(68)30(85-53)21-80-51-46(75)41(70)36(65)27(18-61)82-51/h10,23-24,26-55,61-79H,9,11-22H2,1-8H3/t23?,24-,26-,27?,28?,29?,30?,31?,32+,33?,34?,35?,36?,37?,38?,39?,40?,41?,42?,43?,44?,45?,46?,47?,48?,49?,50?,51?,52?,53+,54+,55?,58-,59+,60-/m0/s1. The average molecular weight is 1290 g/mol. The number of fused-ring (bicyclic) bond motifs is 5. The van der Waals surface area contributed by atoms with Crippen molar-refractivity contribution in [1.29, 1.82) is 0 Å². The Morgan fingerprint density at radius 2 is 0.955 bits per heavy atom. The third kappa shape index (κ3) is 13.1. The molecule has 0 bridgehead atoms. The SMILES string of the molecule is CC(CCC(OC1OC(COC2OC(CO)C(O)C(O)C2O)C(O)C(O)C1O[C@H]1OC(CO)C(O)C(O)C1O)C(C)(C)O)[C@@H]1CC[C@@]2(C)[C@H]3CC=C4[C@H](CCC(O[C@H]5OC(COC6OC(CO)C(O)C(O)C6O)C(O)C(O)C5O)C4(C)C)[C@]3(C)C(O)C[C@]12C. The Bertz CT molecular complexity index is 2340. The van der Waals surface area contributed by atoms with Gasteiger partial charge < -0.3 is 144 Å². The summed E-state index contributed by atoms with van der Waals surface area (Å²) in [5, 5.41) is 205. The van der Waals surface area contributed by atoms with Gasteiger partial charge in [-0.2, -0.15) is 0 Å². The third-order valence-electron chi connectivity index (χ3n) is 22.9. The van der Waals surface area contributed by atoms with Gasteiger partial charge in [-0.15, -0.1) is 0 Å². The molecule has 516 valence electrons. The molecule has 0 amide bonds. The van der Waals surface area contributed by atoms with Crippen molar-refractivity contribution < 1.29 is 144 Å². The zero-order chi connectivity index (χ0) is 65.5. The second-order valence-corrected chi connectivity index (χ2v) is 28.7. The van der Waals surface area contributed by atoms with Crippen molar-refractivity contribution >= 4 is 0 Å². The molecule has 19 N–H and O–H groups in total. The Kier molecular flexibility index (Phi) is 22.3. The molecule has 5 heterocycles. The van der Waals surface area contributed by atoms with E-state index >= 15 is 0 Å². The molecule has 4 aliphatic carbocycles. The minimum Gasteiger partial charge on any atom is -0.394 e. The predicted molar refractivity (Wildman–Crippen MR) is 300 cm³/mol. The lowest BCUT2D eigenvalue weighted by Gasteiger charge is -2.67. The Labute approximate surface area is 517 Å². The van der Waals surface area contributed by atoms with Crippen LogP contribution in [0, 0.1) is 45.3 Å². The Hall–Kier alpha value is -1.42. The summed E-state index contributed by atoms with van der Waals surface area (Å²) in [6.07, 6.45) is -37.4. The van der Waals surface area contributed by atoms with Gasteiger partial charge in [0.1, 0.15) is 122 Å². The number of hydrogen-bond acceptors (Lipinski definition) is 29. The van der Waals surface area contributed by atoms with E-state index in [0.717, 1.165) is 18.4 Å². The van der Waals surface area contributed by atoms with Crippen molar-refractivity contribution in [2.75, 3.05) is 33.0 Å². The van der Waals surface area contributed by atoms with E-state index in [-0.39, 0.29) is 35.5 Å².